The first-order valence-corrected chi connectivity index (χ1v) is 6.35. The van der Waals surface area contributed by atoms with Crippen LogP contribution in [0.2, 0.25) is 0 Å². The molecule has 1 aromatic carbocycles. The molecule has 0 bridgehead atoms. The van der Waals surface area contributed by atoms with E-state index in [1.54, 1.807) is 31.4 Å². The van der Waals surface area contributed by atoms with E-state index in [2.05, 4.69) is 10.6 Å². The molecule has 6 heteroatoms. The van der Waals surface area contributed by atoms with E-state index in [9.17, 15) is 4.79 Å². The van der Waals surface area contributed by atoms with Gasteiger partial charge in [-0.1, -0.05) is 26.1 Å². The number of anilines is 1. The summed E-state index contributed by atoms with van der Waals surface area (Å²) < 4.78 is 5.04. The van der Waals surface area contributed by atoms with Crippen molar-refractivity contribution in [3.8, 4) is 5.75 Å². The summed E-state index contributed by atoms with van der Waals surface area (Å²) in [5, 5.41) is 5.46. The van der Waals surface area contributed by atoms with Gasteiger partial charge >= 0.3 is 6.03 Å². The van der Waals surface area contributed by atoms with Gasteiger partial charge in [-0.15, -0.1) is 0 Å². The molecular weight excluding hydrogens is 262 g/mol. The van der Waals surface area contributed by atoms with Crippen molar-refractivity contribution in [3.05, 3.63) is 24.3 Å². The van der Waals surface area contributed by atoms with Crippen molar-refractivity contribution in [2.24, 2.45) is 11.7 Å². The minimum atomic E-state index is -0.336. The number of hydrogen-bond donors (Lipinski definition) is 3. The van der Waals surface area contributed by atoms with Crippen LogP contribution in [-0.2, 0) is 0 Å². The molecule has 0 saturated carbocycles. The molecule has 104 valence electrons. The fourth-order valence-electron chi connectivity index (χ4n) is 1.55. The maximum atomic E-state index is 11.8. The second-order valence-electron chi connectivity index (χ2n) is 4.45. The quantitative estimate of drug-likeness (QED) is 0.723. The van der Waals surface area contributed by atoms with E-state index in [-0.39, 0.29) is 23.0 Å². The molecule has 0 radical (unpaired) electrons. The van der Waals surface area contributed by atoms with Gasteiger partial charge in [-0.05, 0) is 30.2 Å². The first kappa shape index (κ1) is 15.2. The number of methoxy groups -OCH3 is 1. The number of urea groups is 1. The molecule has 0 aliphatic rings. The summed E-state index contributed by atoms with van der Waals surface area (Å²) in [6, 6.07) is 6.38. The summed E-state index contributed by atoms with van der Waals surface area (Å²) in [6.07, 6.45) is 0. The third kappa shape index (κ3) is 4.75. The van der Waals surface area contributed by atoms with E-state index in [1.165, 1.54) is 0 Å². The highest BCUT2D eigenvalue weighted by Gasteiger charge is 2.18. The lowest BCUT2D eigenvalue weighted by molar-refractivity contribution is 0.248. The van der Waals surface area contributed by atoms with Crippen molar-refractivity contribution in [2.45, 2.75) is 19.9 Å². The van der Waals surface area contributed by atoms with Gasteiger partial charge in [0.25, 0.3) is 0 Å². The Kier molecular flexibility index (Phi) is 5.57. The second-order valence-corrected chi connectivity index (χ2v) is 4.92. The number of rotatable bonds is 5. The molecule has 0 aliphatic heterocycles. The highest BCUT2D eigenvalue weighted by Crippen LogP contribution is 2.14. The van der Waals surface area contributed by atoms with Gasteiger partial charge in [0.2, 0.25) is 0 Å². The van der Waals surface area contributed by atoms with Crippen LogP contribution in [0, 0.1) is 5.92 Å². The highest BCUT2D eigenvalue weighted by molar-refractivity contribution is 7.80. The van der Waals surface area contributed by atoms with Crippen LogP contribution >= 0.6 is 12.2 Å². The normalized spacial score (nSPS) is 11.8. The Bertz CT molecular complexity index is 446. The molecule has 19 heavy (non-hydrogen) atoms. The van der Waals surface area contributed by atoms with Gasteiger partial charge in [0.15, 0.2) is 0 Å². The maximum absolute atomic E-state index is 11.8. The van der Waals surface area contributed by atoms with E-state index >= 15 is 0 Å². The summed E-state index contributed by atoms with van der Waals surface area (Å²) >= 11 is 4.93. The Hall–Kier alpha value is -1.82. The number of hydrogen-bond acceptors (Lipinski definition) is 3. The molecule has 0 fully saturated rings. The zero-order valence-electron chi connectivity index (χ0n) is 11.3. The fraction of sp³-hybridized carbons (Fsp3) is 0.385. The predicted octanol–water partition coefficient (Wildman–Crippen LogP) is 2.13. The Morgan fingerprint density at radius 3 is 2.32 bits per heavy atom. The number of thiocarbonyl (C=S) groups is 1. The lowest BCUT2D eigenvalue weighted by Crippen LogP contribution is -2.48. The van der Waals surface area contributed by atoms with Crippen LogP contribution in [0.5, 0.6) is 5.75 Å². The minimum Gasteiger partial charge on any atom is -0.497 e. The first-order chi connectivity index (χ1) is 8.93. The lowest BCUT2D eigenvalue weighted by atomic mass is 10.1. The average Bonchev–Trinajstić information content (AvgIpc) is 2.36. The molecule has 5 nitrogen and oxygen atoms in total. The number of benzene rings is 1. The van der Waals surface area contributed by atoms with Crippen molar-refractivity contribution in [2.75, 3.05) is 12.4 Å². The molecule has 1 aromatic rings. The monoisotopic (exact) mass is 281 g/mol. The van der Waals surface area contributed by atoms with Crippen LogP contribution in [0.25, 0.3) is 0 Å². The molecule has 0 aliphatic carbocycles. The third-order valence-electron chi connectivity index (χ3n) is 2.61. The van der Waals surface area contributed by atoms with Crippen LogP contribution in [0.4, 0.5) is 10.5 Å². The largest absolute Gasteiger partial charge is 0.497 e. The number of ether oxygens (including phenoxy) is 1. The Morgan fingerprint density at radius 1 is 1.32 bits per heavy atom. The summed E-state index contributed by atoms with van der Waals surface area (Å²) in [5.74, 6) is 0.869. The van der Waals surface area contributed by atoms with Crippen molar-refractivity contribution >= 4 is 28.9 Å². The van der Waals surface area contributed by atoms with Gasteiger partial charge in [-0.2, -0.15) is 0 Å². The molecule has 1 unspecified atom stereocenters. The van der Waals surface area contributed by atoms with Crippen LogP contribution < -0.4 is 21.1 Å². The zero-order valence-corrected chi connectivity index (χ0v) is 12.1. The van der Waals surface area contributed by atoms with E-state index in [0.717, 1.165) is 5.75 Å². The summed E-state index contributed by atoms with van der Waals surface area (Å²) in [4.78, 5) is 12.1. The van der Waals surface area contributed by atoms with Gasteiger partial charge in [-0.25, -0.2) is 4.79 Å². The van der Waals surface area contributed by atoms with Gasteiger partial charge in [0, 0.05) is 5.69 Å². The molecule has 4 N–H and O–H groups in total. The molecule has 2 amide bonds. The Balaban J connectivity index is 2.61. The van der Waals surface area contributed by atoms with Gasteiger partial charge in [0.05, 0.1) is 18.1 Å². The number of amides is 2. The predicted molar refractivity (Wildman–Crippen MR) is 80.6 cm³/mol. The lowest BCUT2D eigenvalue weighted by Gasteiger charge is -2.21. The summed E-state index contributed by atoms with van der Waals surface area (Å²) in [5.41, 5.74) is 6.26. The third-order valence-corrected chi connectivity index (χ3v) is 2.86. The molecule has 1 rings (SSSR count). The first-order valence-electron chi connectivity index (χ1n) is 5.95. The summed E-state index contributed by atoms with van der Waals surface area (Å²) in [7, 11) is 1.59. The summed E-state index contributed by atoms with van der Waals surface area (Å²) in [6.45, 7) is 3.88. The topological polar surface area (TPSA) is 76.4 Å². The Morgan fingerprint density at radius 2 is 1.89 bits per heavy atom. The van der Waals surface area contributed by atoms with Crippen LogP contribution in [0.1, 0.15) is 13.8 Å². The van der Waals surface area contributed by atoms with E-state index in [1.807, 2.05) is 13.8 Å². The fourth-order valence-corrected chi connectivity index (χ4v) is 1.88. The van der Waals surface area contributed by atoms with Crippen molar-refractivity contribution in [1.82, 2.24) is 5.32 Å². The molecule has 0 spiro atoms. The highest BCUT2D eigenvalue weighted by atomic mass is 32.1. The van der Waals surface area contributed by atoms with Crippen LogP contribution in [0.15, 0.2) is 24.3 Å². The van der Waals surface area contributed by atoms with Crippen LogP contribution in [-0.4, -0.2) is 24.2 Å². The number of nitrogens with one attached hydrogen (secondary N) is 2. The van der Waals surface area contributed by atoms with E-state index < -0.39 is 0 Å². The molecule has 0 aromatic heterocycles. The smallest absolute Gasteiger partial charge is 0.319 e. The van der Waals surface area contributed by atoms with Crippen molar-refractivity contribution in [1.29, 1.82) is 0 Å². The van der Waals surface area contributed by atoms with E-state index in [0.29, 0.717) is 5.69 Å². The zero-order chi connectivity index (χ0) is 14.4. The number of carbonyl (C=O) groups is 1. The molecule has 0 heterocycles. The van der Waals surface area contributed by atoms with Gasteiger partial charge in [-0.3, -0.25) is 0 Å². The SMILES string of the molecule is COc1ccc(NC(=O)NC(C(N)=S)C(C)C)cc1. The average molecular weight is 281 g/mol. The second kappa shape index (κ2) is 6.94. The number of carbonyl (C=O) groups excluding carboxylic acids is 1. The standard InChI is InChI=1S/C13H19N3O2S/c1-8(2)11(12(14)19)16-13(17)15-9-4-6-10(18-3)7-5-9/h4-8,11H,1-3H3,(H2,14,19)(H2,15,16,17). The minimum absolute atomic E-state index is 0.138. The van der Waals surface area contributed by atoms with Gasteiger partial charge in [0.1, 0.15) is 5.75 Å². The van der Waals surface area contributed by atoms with Crippen molar-refractivity contribution < 1.29 is 9.53 Å². The van der Waals surface area contributed by atoms with E-state index in [4.69, 9.17) is 22.7 Å². The van der Waals surface area contributed by atoms with Crippen LogP contribution in [0.3, 0.4) is 0 Å². The van der Waals surface area contributed by atoms with Gasteiger partial charge < -0.3 is 21.1 Å². The Labute approximate surface area is 118 Å². The molecular formula is C13H19N3O2S. The molecule has 0 saturated heterocycles. The van der Waals surface area contributed by atoms with Crippen molar-refractivity contribution in [3.63, 3.8) is 0 Å². The molecule has 1 atom stereocenters. The maximum Gasteiger partial charge on any atom is 0.319 e. The number of nitrogens with two attached hydrogens (primary N) is 1.